The van der Waals surface area contributed by atoms with E-state index in [2.05, 4.69) is 16.0 Å². The summed E-state index contributed by atoms with van der Waals surface area (Å²) >= 11 is 0. The van der Waals surface area contributed by atoms with Crippen molar-refractivity contribution >= 4 is 9.84 Å². The zero-order chi connectivity index (χ0) is 15.6. The largest absolute Gasteiger partial charge is 0.365 e. The highest BCUT2D eigenvalue weighted by Gasteiger charge is 2.18. The maximum atomic E-state index is 12.4. The van der Waals surface area contributed by atoms with Crippen molar-refractivity contribution in [3.63, 3.8) is 0 Å². The fourth-order valence-electron chi connectivity index (χ4n) is 3.00. The van der Waals surface area contributed by atoms with Crippen LogP contribution in [0.15, 0.2) is 41.4 Å². The number of aryl methyl sites for hydroxylation is 1. The molecule has 1 aromatic carbocycles. The predicted octanol–water partition coefficient (Wildman–Crippen LogP) is 2.55. The Hall–Kier alpha value is -1.59. The van der Waals surface area contributed by atoms with Gasteiger partial charge in [0.2, 0.25) is 0 Å². The van der Waals surface area contributed by atoms with Crippen LogP contribution in [0.2, 0.25) is 0 Å². The third-order valence-corrected chi connectivity index (χ3v) is 6.04. The van der Waals surface area contributed by atoms with E-state index < -0.39 is 9.84 Å². The lowest BCUT2D eigenvalue weighted by atomic mass is 10.1. The first-order chi connectivity index (χ1) is 10.5. The van der Waals surface area contributed by atoms with Crippen LogP contribution in [0.1, 0.15) is 23.2 Å². The number of hydrogen-bond acceptors (Lipinski definition) is 3. The van der Waals surface area contributed by atoms with Gasteiger partial charge < -0.3 is 4.98 Å². The molecular weight excluding hydrogens is 296 g/mol. The number of benzene rings is 1. The van der Waals surface area contributed by atoms with E-state index in [0.717, 1.165) is 31.6 Å². The van der Waals surface area contributed by atoms with E-state index in [-0.39, 0.29) is 5.75 Å². The molecule has 1 aliphatic heterocycles. The topological polar surface area (TPSA) is 53.2 Å². The van der Waals surface area contributed by atoms with E-state index >= 15 is 0 Å². The lowest BCUT2D eigenvalue weighted by Gasteiger charge is -2.26. The summed E-state index contributed by atoms with van der Waals surface area (Å²) in [6.45, 7) is 4.66. The highest BCUT2D eigenvalue weighted by molar-refractivity contribution is 7.91. The van der Waals surface area contributed by atoms with Crippen LogP contribution in [0.3, 0.4) is 0 Å². The molecule has 2 heterocycles. The molecule has 0 spiro atoms. The summed E-state index contributed by atoms with van der Waals surface area (Å²) in [6.07, 6.45) is 3.68. The Balaban J connectivity index is 1.55. The van der Waals surface area contributed by atoms with Crippen LogP contribution in [0.5, 0.6) is 0 Å². The minimum absolute atomic E-state index is 0.215. The second-order valence-electron chi connectivity index (χ2n) is 6.00. The Morgan fingerprint density at radius 3 is 2.95 bits per heavy atom. The lowest BCUT2D eigenvalue weighted by molar-refractivity contribution is 0.254. The van der Waals surface area contributed by atoms with Crippen LogP contribution in [0, 0.1) is 6.92 Å². The Morgan fingerprint density at radius 1 is 1.27 bits per heavy atom. The van der Waals surface area contributed by atoms with E-state index in [1.165, 1.54) is 11.3 Å². The van der Waals surface area contributed by atoms with Crippen LogP contribution in [0.4, 0.5) is 0 Å². The van der Waals surface area contributed by atoms with Crippen molar-refractivity contribution in [2.24, 2.45) is 0 Å². The maximum absolute atomic E-state index is 12.4. The van der Waals surface area contributed by atoms with E-state index in [4.69, 9.17) is 0 Å². The lowest BCUT2D eigenvalue weighted by Crippen LogP contribution is -2.31. The van der Waals surface area contributed by atoms with Crippen molar-refractivity contribution in [3.05, 3.63) is 53.3 Å². The summed E-state index contributed by atoms with van der Waals surface area (Å²) < 4.78 is 24.7. The third kappa shape index (κ3) is 3.42. The van der Waals surface area contributed by atoms with E-state index in [9.17, 15) is 8.42 Å². The summed E-state index contributed by atoms with van der Waals surface area (Å²) in [5.74, 6) is 0.215. The fourth-order valence-corrected chi connectivity index (χ4v) is 4.40. The first-order valence-corrected chi connectivity index (χ1v) is 9.37. The highest BCUT2D eigenvalue weighted by Crippen LogP contribution is 2.18. The van der Waals surface area contributed by atoms with Gasteiger partial charge in [-0.05, 0) is 49.2 Å². The normalized spacial score (nSPS) is 15.7. The Labute approximate surface area is 132 Å². The van der Waals surface area contributed by atoms with Crippen LogP contribution in [0.25, 0.3) is 0 Å². The summed E-state index contributed by atoms with van der Waals surface area (Å²) in [6, 6.07) is 9.28. The van der Waals surface area contributed by atoms with Crippen molar-refractivity contribution in [2.45, 2.75) is 31.2 Å². The summed E-state index contributed by atoms with van der Waals surface area (Å²) in [5.41, 5.74) is 3.65. The molecule has 2 aromatic rings. The second-order valence-corrected chi connectivity index (χ2v) is 8.11. The molecule has 0 saturated carbocycles. The number of rotatable bonds is 5. The minimum atomic E-state index is -3.17. The van der Waals surface area contributed by atoms with Crippen molar-refractivity contribution in [1.29, 1.82) is 0 Å². The van der Waals surface area contributed by atoms with Gasteiger partial charge in [0.15, 0.2) is 9.84 Å². The number of hydrogen-bond donors (Lipinski definition) is 1. The smallest absolute Gasteiger partial charge is 0.178 e. The van der Waals surface area contributed by atoms with E-state index in [1.807, 2.05) is 19.2 Å². The van der Waals surface area contributed by atoms with Crippen LogP contribution in [-0.4, -0.2) is 37.1 Å². The fraction of sp³-hybridized carbons (Fsp3) is 0.412. The van der Waals surface area contributed by atoms with Gasteiger partial charge in [0.25, 0.3) is 0 Å². The number of H-pyrrole nitrogens is 1. The molecule has 0 atom stereocenters. The summed E-state index contributed by atoms with van der Waals surface area (Å²) in [4.78, 5) is 6.04. The Bertz CT molecular complexity index is 750. The van der Waals surface area contributed by atoms with Crippen molar-refractivity contribution < 1.29 is 8.42 Å². The molecule has 1 aliphatic rings. The zero-order valence-corrected chi connectivity index (χ0v) is 13.7. The molecule has 0 bridgehead atoms. The predicted molar refractivity (Wildman–Crippen MR) is 87.6 cm³/mol. The molecule has 0 aliphatic carbocycles. The van der Waals surface area contributed by atoms with Gasteiger partial charge in [0.1, 0.15) is 0 Å². The van der Waals surface area contributed by atoms with Crippen LogP contribution >= 0.6 is 0 Å². The quantitative estimate of drug-likeness (QED) is 0.922. The summed E-state index contributed by atoms with van der Waals surface area (Å²) in [7, 11) is -3.17. The first-order valence-electron chi connectivity index (χ1n) is 7.71. The average molecular weight is 318 g/mol. The Morgan fingerprint density at radius 2 is 2.14 bits per heavy atom. The van der Waals surface area contributed by atoms with Crippen molar-refractivity contribution in [1.82, 2.24) is 9.88 Å². The molecule has 5 heteroatoms. The number of aromatic nitrogens is 1. The van der Waals surface area contributed by atoms with Gasteiger partial charge in [0.05, 0.1) is 10.6 Å². The van der Waals surface area contributed by atoms with Gasteiger partial charge in [-0.2, -0.15) is 0 Å². The maximum Gasteiger partial charge on any atom is 0.178 e. The van der Waals surface area contributed by atoms with Crippen LogP contribution in [-0.2, 0) is 22.8 Å². The number of fused-ring (bicyclic) bond motifs is 1. The van der Waals surface area contributed by atoms with Gasteiger partial charge in [-0.1, -0.05) is 12.1 Å². The number of nitrogens with zero attached hydrogens (tertiary/aromatic N) is 1. The van der Waals surface area contributed by atoms with Crippen molar-refractivity contribution in [2.75, 3.05) is 18.8 Å². The minimum Gasteiger partial charge on any atom is -0.365 e. The molecule has 0 unspecified atom stereocenters. The van der Waals surface area contributed by atoms with Gasteiger partial charge in [-0.3, -0.25) is 4.90 Å². The monoisotopic (exact) mass is 318 g/mol. The zero-order valence-electron chi connectivity index (χ0n) is 12.9. The van der Waals surface area contributed by atoms with Gasteiger partial charge in [-0.25, -0.2) is 8.42 Å². The van der Waals surface area contributed by atoms with Gasteiger partial charge >= 0.3 is 0 Å². The molecule has 0 radical (unpaired) electrons. The molecular formula is C17H22N2O2S. The molecule has 1 aromatic heterocycles. The molecule has 0 saturated heterocycles. The number of sulfone groups is 1. The SMILES string of the molecule is Cc1cccc(S(=O)(=O)CCCN2CCc3[nH]ccc3C2)c1. The molecule has 3 rings (SSSR count). The van der Waals surface area contributed by atoms with Gasteiger partial charge in [-0.15, -0.1) is 0 Å². The third-order valence-electron chi connectivity index (χ3n) is 4.24. The van der Waals surface area contributed by atoms with E-state index in [0.29, 0.717) is 11.3 Å². The molecule has 0 fully saturated rings. The number of aromatic amines is 1. The van der Waals surface area contributed by atoms with Crippen LogP contribution < -0.4 is 0 Å². The molecule has 4 nitrogen and oxygen atoms in total. The molecule has 118 valence electrons. The number of nitrogens with one attached hydrogen (secondary N) is 1. The average Bonchev–Trinajstić information content (AvgIpc) is 2.94. The van der Waals surface area contributed by atoms with E-state index in [1.54, 1.807) is 18.2 Å². The highest BCUT2D eigenvalue weighted by atomic mass is 32.2. The van der Waals surface area contributed by atoms with Gasteiger partial charge in [0, 0.05) is 31.4 Å². The summed E-state index contributed by atoms with van der Waals surface area (Å²) in [5, 5.41) is 0. The Kier molecular flexibility index (Phi) is 4.36. The standard InChI is InChI=1S/C17H22N2O2S/c1-14-4-2-5-16(12-14)22(20,21)11-3-9-19-10-7-17-15(13-19)6-8-18-17/h2,4-6,8,12,18H,3,7,9-11,13H2,1H3. The van der Waals surface area contributed by atoms with Crippen molar-refractivity contribution in [3.8, 4) is 0 Å². The molecule has 22 heavy (non-hydrogen) atoms. The first kappa shape index (κ1) is 15.3. The molecule has 1 N–H and O–H groups in total. The molecule has 0 amide bonds. The second kappa shape index (κ2) is 6.26.